The summed E-state index contributed by atoms with van der Waals surface area (Å²) in [5.74, 6) is -0.246. The smallest absolute Gasteiger partial charge is 0.261 e. The number of nitrogens with one attached hydrogen (secondary N) is 1. The zero-order valence-corrected chi connectivity index (χ0v) is 14.0. The van der Waals surface area contributed by atoms with Crippen molar-refractivity contribution in [2.45, 2.75) is 6.54 Å². The fourth-order valence-electron chi connectivity index (χ4n) is 1.67. The van der Waals surface area contributed by atoms with Crippen molar-refractivity contribution in [3.05, 3.63) is 69.2 Å². The number of oxime groups is 1. The van der Waals surface area contributed by atoms with Gasteiger partial charge in [0.25, 0.3) is 5.91 Å². The average molecular weight is 382 g/mol. The third kappa shape index (κ3) is 5.50. The first kappa shape index (κ1) is 16.5. The minimum atomic E-state index is -0.246. The third-order valence-corrected chi connectivity index (χ3v) is 3.70. The highest BCUT2D eigenvalue weighted by Gasteiger charge is 2.02. The molecule has 0 atom stereocenters. The van der Waals surface area contributed by atoms with Crippen molar-refractivity contribution in [2.24, 2.45) is 5.16 Å². The molecular weight excluding hydrogens is 368 g/mol. The van der Waals surface area contributed by atoms with E-state index >= 15 is 0 Å². The first-order valence-electron chi connectivity index (χ1n) is 6.56. The fourth-order valence-corrected chi connectivity index (χ4v) is 2.27. The van der Waals surface area contributed by atoms with Gasteiger partial charge in [0.1, 0.15) is 0 Å². The van der Waals surface area contributed by atoms with Gasteiger partial charge >= 0.3 is 0 Å². The van der Waals surface area contributed by atoms with Gasteiger partial charge in [-0.25, -0.2) is 0 Å². The lowest BCUT2D eigenvalue weighted by atomic mass is 10.2. The van der Waals surface area contributed by atoms with Gasteiger partial charge in [0, 0.05) is 21.6 Å². The molecule has 1 N–H and O–H groups in total. The van der Waals surface area contributed by atoms with Crippen LogP contribution in [-0.4, -0.2) is 18.7 Å². The van der Waals surface area contributed by atoms with Gasteiger partial charge < -0.3 is 10.2 Å². The number of carbonyl (C=O) groups excluding carboxylic acids is 1. The van der Waals surface area contributed by atoms with Crippen LogP contribution in [0.4, 0.5) is 0 Å². The largest absolute Gasteiger partial charge is 0.386 e. The molecule has 2 rings (SSSR count). The van der Waals surface area contributed by atoms with Crippen LogP contribution >= 0.6 is 27.5 Å². The lowest BCUT2D eigenvalue weighted by Gasteiger charge is -2.05. The van der Waals surface area contributed by atoms with Gasteiger partial charge in [-0.1, -0.05) is 63.0 Å². The van der Waals surface area contributed by atoms with Crippen molar-refractivity contribution in [3.8, 4) is 0 Å². The number of carbonyl (C=O) groups is 1. The van der Waals surface area contributed by atoms with Crippen molar-refractivity contribution in [3.63, 3.8) is 0 Å². The molecule has 0 aliphatic carbocycles. The van der Waals surface area contributed by atoms with E-state index in [1.54, 1.807) is 18.3 Å². The quantitative estimate of drug-likeness (QED) is 0.612. The van der Waals surface area contributed by atoms with Crippen molar-refractivity contribution < 1.29 is 9.63 Å². The second-order valence-electron chi connectivity index (χ2n) is 4.44. The highest BCUT2D eigenvalue weighted by Crippen LogP contribution is 2.13. The molecule has 0 radical (unpaired) electrons. The summed E-state index contributed by atoms with van der Waals surface area (Å²) in [7, 11) is 0. The van der Waals surface area contributed by atoms with Crippen molar-refractivity contribution >= 4 is 39.7 Å². The molecular formula is C16H14BrClN2O2. The molecule has 0 fully saturated rings. The Morgan fingerprint density at radius 2 is 2.09 bits per heavy atom. The van der Waals surface area contributed by atoms with Crippen LogP contribution in [0, 0.1) is 0 Å². The van der Waals surface area contributed by atoms with E-state index in [1.807, 2.05) is 36.4 Å². The summed E-state index contributed by atoms with van der Waals surface area (Å²) in [6.07, 6.45) is 1.55. The first-order chi connectivity index (χ1) is 10.6. The lowest BCUT2D eigenvalue weighted by Crippen LogP contribution is -2.26. The van der Waals surface area contributed by atoms with E-state index in [-0.39, 0.29) is 12.5 Å². The Morgan fingerprint density at radius 1 is 1.27 bits per heavy atom. The summed E-state index contributed by atoms with van der Waals surface area (Å²) >= 11 is 9.27. The molecule has 0 unspecified atom stereocenters. The maximum atomic E-state index is 11.6. The lowest BCUT2D eigenvalue weighted by molar-refractivity contribution is -0.125. The zero-order chi connectivity index (χ0) is 15.8. The van der Waals surface area contributed by atoms with Gasteiger partial charge in [-0.2, -0.15) is 0 Å². The number of hydrogen-bond acceptors (Lipinski definition) is 3. The monoisotopic (exact) mass is 380 g/mol. The molecule has 0 saturated carbocycles. The van der Waals surface area contributed by atoms with E-state index in [0.29, 0.717) is 11.6 Å². The Bertz CT molecular complexity index is 677. The van der Waals surface area contributed by atoms with Gasteiger partial charge in [-0.15, -0.1) is 0 Å². The van der Waals surface area contributed by atoms with Crippen LogP contribution in [0.15, 0.2) is 58.2 Å². The highest BCUT2D eigenvalue weighted by atomic mass is 79.9. The molecule has 0 aliphatic rings. The van der Waals surface area contributed by atoms with Crippen LogP contribution in [0.1, 0.15) is 11.1 Å². The number of benzene rings is 2. The standard InChI is InChI=1S/C16H14BrClN2O2/c17-15-7-2-1-5-13(15)10-20-22-11-16(21)19-9-12-4-3-6-14(18)8-12/h1-8,10H,9,11H2,(H,19,21)/b20-10-. The van der Waals surface area contributed by atoms with Crippen LogP contribution in [-0.2, 0) is 16.2 Å². The van der Waals surface area contributed by atoms with Gasteiger partial charge in [-0.3, -0.25) is 4.79 Å². The van der Waals surface area contributed by atoms with Crippen LogP contribution in [0.3, 0.4) is 0 Å². The SMILES string of the molecule is O=C(CO/N=C\c1ccccc1Br)NCc1cccc(Cl)c1. The second kappa shape index (κ2) is 8.56. The van der Waals surface area contributed by atoms with Crippen LogP contribution < -0.4 is 5.32 Å². The molecule has 0 heterocycles. The summed E-state index contributed by atoms with van der Waals surface area (Å²) in [4.78, 5) is 16.6. The molecule has 1 amide bonds. The molecule has 0 spiro atoms. The van der Waals surface area contributed by atoms with Crippen molar-refractivity contribution in [1.82, 2.24) is 5.32 Å². The van der Waals surface area contributed by atoms with E-state index in [9.17, 15) is 4.79 Å². The number of nitrogens with zero attached hydrogens (tertiary/aromatic N) is 1. The summed E-state index contributed by atoms with van der Waals surface area (Å²) in [6, 6.07) is 14.9. The predicted octanol–water partition coefficient (Wildman–Crippen LogP) is 3.77. The van der Waals surface area contributed by atoms with Crippen LogP contribution in [0.25, 0.3) is 0 Å². The second-order valence-corrected chi connectivity index (χ2v) is 5.73. The molecule has 0 aromatic heterocycles. The molecule has 0 saturated heterocycles. The Balaban J connectivity index is 1.73. The molecule has 114 valence electrons. The Kier molecular flexibility index (Phi) is 6.43. The maximum absolute atomic E-state index is 11.6. The zero-order valence-electron chi connectivity index (χ0n) is 11.6. The molecule has 4 nitrogen and oxygen atoms in total. The minimum Gasteiger partial charge on any atom is -0.386 e. The normalized spacial score (nSPS) is 10.6. The maximum Gasteiger partial charge on any atom is 0.261 e. The summed E-state index contributed by atoms with van der Waals surface area (Å²) < 4.78 is 0.910. The summed E-state index contributed by atoms with van der Waals surface area (Å²) in [5.41, 5.74) is 1.81. The number of rotatable bonds is 6. The third-order valence-electron chi connectivity index (χ3n) is 2.75. The van der Waals surface area contributed by atoms with E-state index in [2.05, 4.69) is 26.4 Å². The summed E-state index contributed by atoms with van der Waals surface area (Å²) in [5, 5.41) is 7.14. The van der Waals surface area contributed by atoms with Crippen LogP contribution in [0.2, 0.25) is 5.02 Å². The van der Waals surface area contributed by atoms with Crippen molar-refractivity contribution in [1.29, 1.82) is 0 Å². The fraction of sp³-hybridized carbons (Fsp3) is 0.125. The Labute approximate surface area is 142 Å². The predicted molar refractivity (Wildman–Crippen MR) is 91.0 cm³/mol. The molecule has 22 heavy (non-hydrogen) atoms. The van der Waals surface area contributed by atoms with E-state index in [4.69, 9.17) is 16.4 Å². The number of amides is 1. The first-order valence-corrected chi connectivity index (χ1v) is 7.73. The van der Waals surface area contributed by atoms with E-state index in [0.717, 1.165) is 15.6 Å². The highest BCUT2D eigenvalue weighted by molar-refractivity contribution is 9.10. The number of hydrogen-bond donors (Lipinski definition) is 1. The molecule has 2 aromatic carbocycles. The topological polar surface area (TPSA) is 50.7 Å². The Hall–Kier alpha value is -1.85. The molecule has 0 bridgehead atoms. The van der Waals surface area contributed by atoms with Gasteiger partial charge in [0.05, 0.1) is 6.21 Å². The Morgan fingerprint density at radius 3 is 2.86 bits per heavy atom. The molecule has 6 heteroatoms. The van der Waals surface area contributed by atoms with E-state index < -0.39 is 0 Å². The molecule has 2 aromatic rings. The van der Waals surface area contributed by atoms with Gasteiger partial charge in [0.2, 0.25) is 0 Å². The number of halogens is 2. The summed E-state index contributed by atoms with van der Waals surface area (Å²) in [6.45, 7) is 0.262. The van der Waals surface area contributed by atoms with Gasteiger partial charge in [0.15, 0.2) is 6.61 Å². The average Bonchev–Trinajstić information content (AvgIpc) is 2.51. The van der Waals surface area contributed by atoms with E-state index in [1.165, 1.54) is 0 Å². The molecule has 0 aliphatic heterocycles. The minimum absolute atomic E-state index is 0.137. The van der Waals surface area contributed by atoms with Gasteiger partial charge in [-0.05, 0) is 23.8 Å². The van der Waals surface area contributed by atoms with Crippen molar-refractivity contribution in [2.75, 3.05) is 6.61 Å². The van der Waals surface area contributed by atoms with Crippen LogP contribution in [0.5, 0.6) is 0 Å².